The van der Waals surface area contributed by atoms with Gasteiger partial charge in [0.05, 0.1) is 13.1 Å². The molecule has 1 aromatic rings. The van der Waals surface area contributed by atoms with Crippen molar-refractivity contribution in [3.63, 3.8) is 0 Å². The summed E-state index contributed by atoms with van der Waals surface area (Å²) in [4.78, 5) is 12.5. The Morgan fingerprint density at radius 2 is 1.88 bits per heavy atom. The summed E-state index contributed by atoms with van der Waals surface area (Å²) in [6, 6.07) is 1.87. The van der Waals surface area contributed by atoms with Crippen molar-refractivity contribution in [1.82, 2.24) is 4.90 Å². The first kappa shape index (κ1) is 11.9. The number of rotatable bonds is 1. The molecular weight excluding hydrogens is 238 g/mol. The first-order valence-corrected chi connectivity index (χ1v) is 4.93. The van der Waals surface area contributed by atoms with Crippen molar-refractivity contribution in [2.75, 3.05) is 13.1 Å². The van der Waals surface area contributed by atoms with E-state index < -0.39 is 36.6 Å². The van der Waals surface area contributed by atoms with Gasteiger partial charge in [0.15, 0.2) is 11.6 Å². The number of hydrogen-bond acceptors (Lipinski definition) is 1. The molecule has 1 heterocycles. The minimum absolute atomic E-state index is 0.0272. The Bertz CT molecular complexity index is 455. The molecule has 1 saturated heterocycles. The van der Waals surface area contributed by atoms with Crippen LogP contribution in [0, 0.1) is 18.6 Å². The fourth-order valence-corrected chi connectivity index (χ4v) is 1.69. The number of amides is 1. The van der Waals surface area contributed by atoms with Crippen LogP contribution in [-0.4, -0.2) is 29.8 Å². The summed E-state index contributed by atoms with van der Waals surface area (Å²) in [5, 5.41) is 0. The number of likely N-dealkylation sites (tertiary alicyclic amines) is 1. The van der Waals surface area contributed by atoms with E-state index in [4.69, 9.17) is 0 Å². The standard InChI is InChI=1S/C11H9F4NO/c1-6-2-7(3-8(12)9(6)13)10(17)16-4-11(14,15)5-16/h2-3H,4-5H2,1H3. The van der Waals surface area contributed by atoms with Crippen molar-refractivity contribution < 1.29 is 22.4 Å². The highest BCUT2D eigenvalue weighted by atomic mass is 19.3. The molecule has 0 aliphatic carbocycles. The van der Waals surface area contributed by atoms with Crippen LogP contribution in [0.4, 0.5) is 17.6 Å². The zero-order valence-electron chi connectivity index (χ0n) is 8.94. The predicted octanol–water partition coefficient (Wildman–Crippen LogP) is 2.36. The lowest BCUT2D eigenvalue weighted by atomic mass is 10.1. The van der Waals surface area contributed by atoms with Gasteiger partial charge in [-0.05, 0) is 24.6 Å². The Kier molecular flexibility index (Phi) is 2.60. The van der Waals surface area contributed by atoms with E-state index in [1.807, 2.05) is 0 Å². The summed E-state index contributed by atoms with van der Waals surface area (Å²) in [5.41, 5.74) is -0.141. The summed E-state index contributed by atoms with van der Waals surface area (Å²) in [7, 11) is 0. The maximum atomic E-state index is 13.0. The van der Waals surface area contributed by atoms with E-state index in [-0.39, 0.29) is 11.1 Å². The van der Waals surface area contributed by atoms with Crippen molar-refractivity contribution >= 4 is 5.91 Å². The van der Waals surface area contributed by atoms with Gasteiger partial charge >= 0.3 is 0 Å². The minimum atomic E-state index is -2.87. The lowest BCUT2D eigenvalue weighted by molar-refractivity contribution is -0.113. The Balaban J connectivity index is 2.21. The summed E-state index contributed by atoms with van der Waals surface area (Å²) in [6.07, 6.45) is 0. The van der Waals surface area contributed by atoms with Crippen LogP contribution >= 0.6 is 0 Å². The van der Waals surface area contributed by atoms with Crippen molar-refractivity contribution in [3.8, 4) is 0 Å². The molecule has 6 heteroatoms. The van der Waals surface area contributed by atoms with Crippen LogP contribution in [0.1, 0.15) is 15.9 Å². The number of carbonyl (C=O) groups excluding carboxylic acids is 1. The second kappa shape index (κ2) is 3.72. The Morgan fingerprint density at radius 3 is 2.35 bits per heavy atom. The number of alkyl halides is 2. The second-order valence-corrected chi connectivity index (χ2v) is 4.11. The number of benzene rings is 1. The molecule has 0 atom stereocenters. The van der Waals surface area contributed by atoms with Crippen molar-refractivity contribution in [1.29, 1.82) is 0 Å². The van der Waals surface area contributed by atoms with Gasteiger partial charge in [0.1, 0.15) is 0 Å². The SMILES string of the molecule is Cc1cc(C(=O)N2CC(F)(F)C2)cc(F)c1F. The molecule has 0 bridgehead atoms. The third-order valence-corrected chi connectivity index (χ3v) is 2.59. The molecule has 2 nitrogen and oxygen atoms in total. The molecule has 1 aromatic carbocycles. The van der Waals surface area contributed by atoms with Gasteiger partial charge in [-0.1, -0.05) is 0 Å². The Labute approximate surface area is 94.8 Å². The second-order valence-electron chi connectivity index (χ2n) is 4.11. The van der Waals surface area contributed by atoms with E-state index >= 15 is 0 Å². The van der Waals surface area contributed by atoms with E-state index in [2.05, 4.69) is 0 Å². The van der Waals surface area contributed by atoms with Crippen LogP contribution in [0.25, 0.3) is 0 Å². The maximum absolute atomic E-state index is 13.0. The van der Waals surface area contributed by atoms with Gasteiger partial charge in [0.25, 0.3) is 11.8 Å². The highest BCUT2D eigenvalue weighted by Crippen LogP contribution is 2.28. The van der Waals surface area contributed by atoms with Crippen LogP contribution in [0.3, 0.4) is 0 Å². The highest BCUT2D eigenvalue weighted by molar-refractivity contribution is 5.95. The molecular formula is C11H9F4NO. The molecule has 2 rings (SSSR count). The third-order valence-electron chi connectivity index (χ3n) is 2.59. The number of carbonyl (C=O) groups is 1. The van der Waals surface area contributed by atoms with Crippen LogP contribution in [-0.2, 0) is 0 Å². The van der Waals surface area contributed by atoms with E-state index in [1.165, 1.54) is 6.92 Å². The number of nitrogens with zero attached hydrogens (tertiary/aromatic N) is 1. The molecule has 92 valence electrons. The third kappa shape index (κ3) is 2.11. The van der Waals surface area contributed by atoms with Gasteiger partial charge in [-0.2, -0.15) is 0 Å². The lowest BCUT2D eigenvalue weighted by Crippen LogP contribution is -2.58. The summed E-state index contributed by atoms with van der Waals surface area (Å²) < 4.78 is 51.1. The number of hydrogen-bond donors (Lipinski definition) is 0. The smallest absolute Gasteiger partial charge is 0.282 e. The largest absolute Gasteiger partial charge is 0.326 e. The van der Waals surface area contributed by atoms with E-state index in [1.54, 1.807) is 0 Å². The highest BCUT2D eigenvalue weighted by Gasteiger charge is 2.46. The lowest BCUT2D eigenvalue weighted by Gasteiger charge is -2.38. The summed E-state index contributed by atoms with van der Waals surface area (Å²) in [6.45, 7) is -0.0480. The van der Waals surface area contributed by atoms with Crippen LogP contribution in [0.15, 0.2) is 12.1 Å². The van der Waals surface area contributed by atoms with E-state index in [0.29, 0.717) is 0 Å². The molecule has 0 spiro atoms. The van der Waals surface area contributed by atoms with E-state index in [9.17, 15) is 22.4 Å². The average Bonchev–Trinajstić information content (AvgIpc) is 2.20. The molecule has 1 aliphatic heterocycles. The van der Waals surface area contributed by atoms with Crippen molar-refractivity contribution in [3.05, 3.63) is 34.9 Å². The molecule has 0 N–H and O–H groups in total. The molecule has 17 heavy (non-hydrogen) atoms. The molecule has 1 aliphatic rings. The fourth-order valence-electron chi connectivity index (χ4n) is 1.69. The first-order chi connectivity index (χ1) is 7.80. The van der Waals surface area contributed by atoms with Gasteiger partial charge in [0, 0.05) is 5.56 Å². The zero-order chi connectivity index (χ0) is 12.8. The van der Waals surface area contributed by atoms with Gasteiger partial charge < -0.3 is 4.90 Å². The molecule has 1 amide bonds. The Hall–Kier alpha value is -1.59. The predicted molar refractivity (Wildman–Crippen MR) is 51.9 cm³/mol. The van der Waals surface area contributed by atoms with Crippen LogP contribution in [0.5, 0.6) is 0 Å². The molecule has 0 unspecified atom stereocenters. The van der Waals surface area contributed by atoms with E-state index in [0.717, 1.165) is 17.0 Å². The molecule has 1 fully saturated rings. The van der Waals surface area contributed by atoms with Crippen molar-refractivity contribution in [2.45, 2.75) is 12.8 Å². The maximum Gasteiger partial charge on any atom is 0.282 e. The number of aryl methyl sites for hydroxylation is 1. The normalized spacial score (nSPS) is 17.8. The monoisotopic (exact) mass is 247 g/mol. The average molecular weight is 247 g/mol. The number of halogens is 4. The summed E-state index contributed by atoms with van der Waals surface area (Å²) >= 11 is 0. The van der Waals surface area contributed by atoms with Crippen LogP contribution < -0.4 is 0 Å². The van der Waals surface area contributed by atoms with Gasteiger partial charge in [-0.3, -0.25) is 4.79 Å². The molecule has 0 aromatic heterocycles. The minimum Gasteiger partial charge on any atom is -0.326 e. The van der Waals surface area contributed by atoms with Gasteiger partial charge in [-0.25, -0.2) is 17.6 Å². The van der Waals surface area contributed by atoms with Crippen LogP contribution in [0.2, 0.25) is 0 Å². The van der Waals surface area contributed by atoms with Gasteiger partial charge in [0.2, 0.25) is 0 Å². The topological polar surface area (TPSA) is 20.3 Å². The molecule has 0 radical (unpaired) electrons. The zero-order valence-corrected chi connectivity index (χ0v) is 8.94. The van der Waals surface area contributed by atoms with Crippen molar-refractivity contribution in [2.24, 2.45) is 0 Å². The van der Waals surface area contributed by atoms with Gasteiger partial charge in [-0.15, -0.1) is 0 Å². The Morgan fingerprint density at radius 1 is 1.29 bits per heavy atom. The molecule has 0 saturated carbocycles. The summed E-state index contributed by atoms with van der Waals surface area (Å²) in [5.74, 6) is -5.77. The first-order valence-electron chi connectivity index (χ1n) is 4.93. The fraction of sp³-hybridized carbons (Fsp3) is 0.364. The quantitative estimate of drug-likeness (QED) is 0.698.